The first-order valence-corrected chi connectivity index (χ1v) is 15.1. The second kappa shape index (κ2) is 9.86. The van der Waals surface area contributed by atoms with Gasteiger partial charge in [-0.05, 0) is 53.1 Å². The van der Waals surface area contributed by atoms with Crippen molar-refractivity contribution in [2.45, 2.75) is 0 Å². The average molecular weight is 561 g/mol. The zero-order valence-electron chi connectivity index (χ0n) is 24.1. The van der Waals surface area contributed by atoms with Crippen LogP contribution < -0.4 is 0 Å². The highest BCUT2D eigenvalue weighted by Gasteiger charge is 2.21. The highest BCUT2D eigenvalue weighted by atomic mass is 15.0. The lowest BCUT2D eigenvalue weighted by molar-refractivity contribution is 1.17. The van der Waals surface area contributed by atoms with Crippen molar-refractivity contribution >= 4 is 43.6 Å². The summed E-state index contributed by atoms with van der Waals surface area (Å²) in [5.74, 6) is 0. The molecule has 0 atom stereocenters. The number of nitrogens with zero attached hydrogens (tertiary/aromatic N) is 2. The predicted octanol–water partition coefficient (Wildman–Crippen LogP) is 11.2. The van der Waals surface area contributed by atoms with Gasteiger partial charge in [-0.2, -0.15) is 0 Å². The van der Waals surface area contributed by atoms with E-state index in [2.05, 4.69) is 179 Å². The number of rotatable bonds is 4. The van der Waals surface area contributed by atoms with Crippen LogP contribution in [0.2, 0.25) is 0 Å². The number of fused-ring (bicyclic) bond motifs is 7. The fourth-order valence-corrected chi connectivity index (χ4v) is 7.00. The van der Waals surface area contributed by atoms with E-state index < -0.39 is 0 Å². The predicted molar refractivity (Wildman–Crippen MR) is 186 cm³/mol. The molecule has 0 amide bonds. The summed E-state index contributed by atoms with van der Waals surface area (Å²) in [5.41, 5.74) is 12.1. The van der Waals surface area contributed by atoms with Crippen LogP contribution in [0, 0.1) is 0 Å². The van der Waals surface area contributed by atoms with Gasteiger partial charge in [0.05, 0.1) is 27.8 Å². The number of hydrogen-bond donors (Lipinski definition) is 0. The van der Waals surface area contributed by atoms with Gasteiger partial charge < -0.3 is 9.13 Å². The second-order valence-electron chi connectivity index (χ2n) is 11.4. The fraction of sp³-hybridized carbons (Fsp3) is 0. The van der Waals surface area contributed by atoms with Gasteiger partial charge in [-0.25, -0.2) is 0 Å². The van der Waals surface area contributed by atoms with Gasteiger partial charge in [0.15, 0.2) is 0 Å². The Bertz CT molecular complexity index is 2460. The highest BCUT2D eigenvalue weighted by molar-refractivity contribution is 6.26. The third kappa shape index (κ3) is 3.68. The molecule has 2 nitrogen and oxygen atoms in total. The molecule has 0 spiro atoms. The van der Waals surface area contributed by atoms with E-state index in [1.807, 2.05) is 0 Å². The summed E-state index contributed by atoms with van der Waals surface area (Å²) >= 11 is 0. The Hall–Kier alpha value is -5.86. The van der Waals surface area contributed by atoms with Gasteiger partial charge >= 0.3 is 0 Å². The second-order valence-corrected chi connectivity index (χ2v) is 11.4. The Morgan fingerprint density at radius 3 is 1.66 bits per heavy atom. The zero-order chi connectivity index (χ0) is 29.0. The molecule has 0 radical (unpaired) electrons. The summed E-state index contributed by atoms with van der Waals surface area (Å²) in [6.45, 7) is 0. The number of benzene rings is 7. The normalized spacial score (nSPS) is 11.6. The van der Waals surface area contributed by atoms with Crippen LogP contribution in [-0.4, -0.2) is 9.13 Å². The van der Waals surface area contributed by atoms with Gasteiger partial charge in [-0.15, -0.1) is 0 Å². The number of para-hydroxylation sites is 4. The average Bonchev–Trinajstić information content (AvgIpc) is 3.62. The molecular formula is C42H28N2. The van der Waals surface area contributed by atoms with E-state index in [4.69, 9.17) is 0 Å². The maximum atomic E-state index is 2.50. The first kappa shape index (κ1) is 24.7. The Balaban J connectivity index is 1.37. The smallest absolute Gasteiger partial charge is 0.0641 e. The third-order valence-electron chi connectivity index (χ3n) is 8.93. The van der Waals surface area contributed by atoms with Crippen LogP contribution in [0.4, 0.5) is 0 Å². The minimum Gasteiger partial charge on any atom is -0.309 e. The molecule has 9 rings (SSSR count). The van der Waals surface area contributed by atoms with Gasteiger partial charge in [0.2, 0.25) is 0 Å². The molecule has 206 valence electrons. The topological polar surface area (TPSA) is 9.86 Å². The molecule has 0 saturated carbocycles. The summed E-state index contributed by atoms with van der Waals surface area (Å²) in [6.07, 6.45) is 0. The molecule has 0 fully saturated rings. The van der Waals surface area contributed by atoms with Crippen LogP contribution in [0.25, 0.3) is 77.2 Å². The van der Waals surface area contributed by atoms with Gasteiger partial charge in [0, 0.05) is 32.8 Å². The van der Waals surface area contributed by atoms with Crippen molar-refractivity contribution in [1.82, 2.24) is 9.13 Å². The minimum atomic E-state index is 1.17. The van der Waals surface area contributed by atoms with Gasteiger partial charge in [-0.1, -0.05) is 133 Å². The van der Waals surface area contributed by atoms with E-state index in [9.17, 15) is 0 Å². The van der Waals surface area contributed by atoms with Crippen LogP contribution in [0.1, 0.15) is 0 Å². The van der Waals surface area contributed by atoms with Crippen LogP contribution >= 0.6 is 0 Å². The van der Waals surface area contributed by atoms with E-state index in [-0.39, 0.29) is 0 Å². The Morgan fingerprint density at radius 2 is 0.886 bits per heavy atom. The van der Waals surface area contributed by atoms with E-state index >= 15 is 0 Å². The Labute approximate surface area is 255 Å². The van der Waals surface area contributed by atoms with E-state index in [1.54, 1.807) is 0 Å². The number of aromatic nitrogens is 2. The quantitative estimate of drug-likeness (QED) is 0.203. The van der Waals surface area contributed by atoms with Gasteiger partial charge in [0.1, 0.15) is 0 Å². The first-order chi connectivity index (χ1) is 21.9. The lowest BCUT2D eigenvalue weighted by Gasteiger charge is -2.15. The largest absolute Gasteiger partial charge is 0.309 e. The van der Waals surface area contributed by atoms with Gasteiger partial charge in [0.25, 0.3) is 0 Å². The molecule has 0 saturated heterocycles. The molecule has 0 unspecified atom stereocenters. The molecule has 7 aromatic carbocycles. The van der Waals surface area contributed by atoms with Crippen molar-refractivity contribution in [3.05, 3.63) is 170 Å². The molecule has 2 heterocycles. The number of hydrogen-bond acceptors (Lipinski definition) is 0. The lowest BCUT2D eigenvalue weighted by Crippen LogP contribution is -1.98. The summed E-state index contributed by atoms with van der Waals surface area (Å²) < 4.78 is 4.90. The van der Waals surface area contributed by atoms with Crippen molar-refractivity contribution in [2.24, 2.45) is 0 Å². The monoisotopic (exact) mass is 560 g/mol. The molecule has 2 aromatic heterocycles. The molecule has 0 aliphatic rings. The van der Waals surface area contributed by atoms with Crippen molar-refractivity contribution in [1.29, 1.82) is 0 Å². The summed E-state index contributed by atoms with van der Waals surface area (Å²) in [7, 11) is 0. The Kier molecular flexibility index (Phi) is 5.54. The molecule has 9 aromatic rings. The van der Waals surface area contributed by atoms with Crippen molar-refractivity contribution < 1.29 is 0 Å². The lowest BCUT2D eigenvalue weighted by atomic mass is 9.99. The zero-order valence-corrected chi connectivity index (χ0v) is 24.1. The Morgan fingerprint density at radius 1 is 0.318 bits per heavy atom. The molecule has 0 bridgehead atoms. The van der Waals surface area contributed by atoms with Crippen LogP contribution in [0.5, 0.6) is 0 Å². The highest BCUT2D eigenvalue weighted by Crippen LogP contribution is 2.43. The third-order valence-corrected chi connectivity index (χ3v) is 8.93. The molecular weight excluding hydrogens is 532 g/mol. The molecule has 2 heteroatoms. The van der Waals surface area contributed by atoms with E-state index in [0.717, 1.165) is 0 Å². The van der Waals surface area contributed by atoms with Crippen molar-refractivity contribution in [3.8, 4) is 33.6 Å². The van der Waals surface area contributed by atoms with Crippen LogP contribution in [-0.2, 0) is 0 Å². The van der Waals surface area contributed by atoms with Crippen LogP contribution in [0.15, 0.2) is 170 Å². The molecule has 0 aliphatic heterocycles. The summed E-state index contributed by atoms with van der Waals surface area (Å²) in [5, 5.41) is 5.05. The van der Waals surface area contributed by atoms with Crippen molar-refractivity contribution in [3.63, 3.8) is 0 Å². The van der Waals surface area contributed by atoms with E-state index in [1.165, 1.54) is 77.2 Å². The first-order valence-electron chi connectivity index (χ1n) is 15.1. The maximum Gasteiger partial charge on any atom is 0.0641 e. The maximum absolute atomic E-state index is 2.50. The molecule has 0 aliphatic carbocycles. The van der Waals surface area contributed by atoms with Crippen LogP contribution in [0.3, 0.4) is 0 Å². The molecule has 44 heavy (non-hydrogen) atoms. The fourth-order valence-electron chi connectivity index (χ4n) is 7.00. The van der Waals surface area contributed by atoms with E-state index in [0.29, 0.717) is 0 Å². The van der Waals surface area contributed by atoms with Gasteiger partial charge in [-0.3, -0.25) is 0 Å². The minimum absolute atomic E-state index is 1.17. The molecule has 0 N–H and O–H groups in total. The summed E-state index contributed by atoms with van der Waals surface area (Å²) in [6, 6.07) is 61.3. The SMILES string of the molecule is c1ccc(-c2ccc(-c3ccccc3-n3c4ccccc4c4ccc5c(c6ccccc6n5-c5ccccc5)c43)cc2)cc1. The standard InChI is InChI=1S/C42H28N2/c1-3-13-29(14-4-1)30-23-25-31(26-24-30)33-17-7-10-20-37(33)44-38-21-11-8-18-34(38)35-27-28-40-41(42(35)44)36-19-9-12-22-39(36)43(40)32-15-5-2-6-16-32/h1-28H. The van der Waals surface area contributed by atoms with Crippen molar-refractivity contribution in [2.75, 3.05) is 0 Å². The summed E-state index contributed by atoms with van der Waals surface area (Å²) in [4.78, 5) is 0.